The van der Waals surface area contributed by atoms with Gasteiger partial charge in [0.15, 0.2) is 12.0 Å². The van der Waals surface area contributed by atoms with E-state index in [4.69, 9.17) is 18.9 Å². The zero-order chi connectivity index (χ0) is 28.7. The minimum atomic E-state index is -1.69. The molecule has 0 radical (unpaired) electrons. The first-order valence-electron chi connectivity index (χ1n) is 14.6. The minimum absolute atomic E-state index is 0.0337. The Morgan fingerprint density at radius 2 is 1.57 bits per heavy atom. The number of hydrogen-bond donors (Lipinski definition) is 1. The predicted molar refractivity (Wildman–Crippen MR) is 147 cm³/mol. The van der Waals surface area contributed by atoms with E-state index in [2.05, 4.69) is 11.7 Å². The third kappa shape index (κ3) is 10.5. The van der Waals surface area contributed by atoms with Crippen LogP contribution in [0.2, 0.25) is 0 Å². The highest BCUT2D eigenvalue weighted by molar-refractivity contribution is 5.83. The molecule has 2 aliphatic heterocycles. The lowest BCUT2D eigenvalue weighted by Gasteiger charge is -2.30. The van der Waals surface area contributed by atoms with Gasteiger partial charge in [-0.1, -0.05) is 38.3 Å². The fraction of sp³-hybridized carbons (Fsp3) is 0.677. The second kappa shape index (κ2) is 17.4. The van der Waals surface area contributed by atoms with Gasteiger partial charge in [-0.3, -0.25) is 9.59 Å². The molecule has 1 fully saturated rings. The highest BCUT2D eigenvalue weighted by Crippen LogP contribution is 2.43. The molecule has 2 heterocycles. The molecule has 0 aromatic rings. The van der Waals surface area contributed by atoms with E-state index in [-0.39, 0.29) is 43.6 Å². The standard InChI is InChI=1S/C31H45FO8/c1-3-4-5-11-22(33)16-17-23-24(20-26(34)25(32)12-10-13-29(35)36-2)28(40-31-15-7-9-19-38-31)21-27(23)39-30-14-6-8-18-37-30/h6-9,14-15,18-19,22-25,27-28,30-31,33H,3-5,10-13,16-17,20-21H2,1-2H3/t22?,23?,24-,25?,27-,28+,30-,31-/m1/s1. The SMILES string of the molecule is CCCCCC(O)CCC1[C@@H](CC(=O)C(F)CCCC(=O)OC)[C@@H](O[C@@H]2C=CC=CO2)C[C@H]1O[C@@H]1C=CC=CO1. The Morgan fingerprint density at radius 1 is 0.925 bits per heavy atom. The van der Waals surface area contributed by atoms with Gasteiger partial charge in [-0.15, -0.1) is 0 Å². The van der Waals surface area contributed by atoms with Crippen molar-refractivity contribution in [3.05, 3.63) is 49.0 Å². The lowest BCUT2D eigenvalue weighted by Crippen LogP contribution is -2.33. The highest BCUT2D eigenvalue weighted by atomic mass is 19.1. The van der Waals surface area contributed by atoms with E-state index in [1.807, 2.05) is 18.2 Å². The summed E-state index contributed by atoms with van der Waals surface area (Å²) < 4.78 is 43.4. The number of ketones is 1. The van der Waals surface area contributed by atoms with Gasteiger partial charge < -0.3 is 28.8 Å². The Labute approximate surface area is 237 Å². The topological polar surface area (TPSA) is 101 Å². The number of alkyl halides is 1. The quantitative estimate of drug-likeness (QED) is 0.169. The molecule has 0 aromatic heterocycles. The van der Waals surface area contributed by atoms with Crippen molar-refractivity contribution in [3.8, 4) is 0 Å². The molecule has 9 heteroatoms. The van der Waals surface area contributed by atoms with E-state index < -0.39 is 42.7 Å². The van der Waals surface area contributed by atoms with Gasteiger partial charge in [0, 0.05) is 19.3 Å². The maximum absolute atomic E-state index is 15.0. The summed E-state index contributed by atoms with van der Waals surface area (Å²) in [6.07, 6.45) is 15.5. The average molecular weight is 565 g/mol. The number of aliphatic hydroxyl groups excluding tert-OH is 1. The number of Topliss-reactive ketones (excluding diaryl/α,β-unsaturated/α-hetero) is 1. The molecule has 0 aromatic carbocycles. The van der Waals surface area contributed by atoms with Crippen molar-refractivity contribution in [2.24, 2.45) is 11.8 Å². The lowest BCUT2D eigenvalue weighted by molar-refractivity contribution is -0.141. The molecule has 3 aliphatic rings. The number of halogens is 1. The van der Waals surface area contributed by atoms with Crippen LogP contribution in [-0.2, 0) is 33.3 Å². The van der Waals surface area contributed by atoms with E-state index >= 15 is 0 Å². The number of esters is 1. The van der Waals surface area contributed by atoms with Crippen molar-refractivity contribution in [3.63, 3.8) is 0 Å². The van der Waals surface area contributed by atoms with Gasteiger partial charge in [0.05, 0.1) is 37.9 Å². The molecule has 224 valence electrons. The Bertz CT molecular complexity index is 900. The van der Waals surface area contributed by atoms with Crippen molar-refractivity contribution in [1.82, 2.24) is 0 Å². The van der Waals surface area contributed by atoms with Crippen LogP contribution in [0.15, 0.2) is 49.0 Å². The molecule has 8 nitrogen and oxygen atoms in total. The summed E-state index contributed by atoms with van der Waals surface area (Å²) in [6.45, 7) is 2.13. The van der Waals surface area contributed by atoms with Crippen LogP contribution in [0.1, 0.15) is 77.6 Å². The summed E-state index contributed by atoms with van der Waals surface area (Å²) >= 11 is 0. The van der Waals surface area contributed by atoms with Gasteiger partial charge in [-0.2, -0.15) is 0 Å². The Kier molecular flexibility index (Phi) is 13.9. The molecule has 0 amide bonds. The van der Waals surface area contributed by atoms with Crippen LogP contribution in [0.3, 0.4) is 0 Å². The fourth-order valence-corrected chi connectivity index (χ4v) is 5.57. The number of methoxy groups -OCH3 is 1. The molecule has 0 bridgehead atoms. The maximum atomic E-state index is 15.0. The molecule has 1 saturated carbocycles. The first-order valence-corrected chi connectivity index (χ1v) is 14.6. The van der Waals surface area contributed by atoms with Crippen LogP contribution in [0.25, 0.3) is 0 Å². The summed E-state index contributed by atoms with van der Waals surface area (Å²) in [5, 5.41) is 10.7. The number of rotatable bonds is 18. The molecule has 40 heavy (non-hydrogen) atoms. The first kappa shape index (κ1) is 32.0. The Balaban J connectivity index is 1.73. The first-order chi connectivity index (χ1) is 19.4. The van der Waals surface area contributed by atoms with E-state index in [0.29, 0.717) is 25.7 Å². The number of carbonyl (C=O) groups excluding carboxylic acids is 2. The van der Waals surface area contributed by atoms with Crippen LogP contribution in [0.5, 0.6) is 0 Å². The van der Waals surface area contributed by atoms with Gasteiger partial charge in [0.2, 0.25) is 12.6 Å². The molecular formula is C31H45FO8. The highest BCUT2D eigenvalue weighted by Gasteiger charge is 2.47. The number of aliphatic hydroxyl groups is 1. The fourth-order valence-electron chi connectivity index (χ4n) is 5.57. The van der Waals surface area contributed by atoms with Crippen molar-refractivity contribution in [2.75, 3.05) is 7.11 Å². The van der Waals surface area contributed by atoms with Crippen molar-refractivity contribution >= 4 is 11.8 Å². The molecule has 8 atom stereocenters. The molecule has 0 spiro atoms. The summed E-state index contributed by atoms with van der Waals surface area (Å²) in [7, 11) is 1.28. The van der Waals surface area contributed by atoms with Gasteiger partial charge in [-0.25, -0.2) is 4.39 Å². The zero-order valence-electron chi connectivity index (χ0n) is 23.7. The molecule has 3 rings (SSSR count). The number of ether oxygens (including phenoxy) is 5. The average Bonchev–Trinajstić information content (AvgIpc) is 3.27. The Hall–Kier alpha value is -2.49. The third-order valence-corrected chi connectivity index (χ3v) is 7.76. The van der Waals surface area contributed by atoms with Crippen LogP contribution in [0, 0.1) is 11.8 Å². The molecule has 0 saturated heterocycles. The third-order valence-electron chi connectivity index (χ3n) is 7.76. The summed E-state index contributed by atoms with van der Waals surface area (Å²) in [5.41, 5.74) is 0. The van der Waals surface area contributed by atoms with Crippen molar-refractivity contribution in [2.45, 2.75) is 115 Å². The van der Waals surface area contributed by atoms with Crippen LogP contribution in [-0.4, -0.2) is 61.0 Å². The largest absolute Gasteiger partial charge is 0.469 e. The second-order valence-corrected chi connectivity index (χ2v) is 10.7. The number of unbranched alkanes of at least 4 members (excludes halogenated alkanes) is 2. The maximum Gasteiger partial charge on any atom is 0.305 e. The van der Waals surface area contributed by atoms with Crippen LogP contribution >= 0.6 is 0 Å². The Morgan fingerprint density at radius 3 is 2.15 bits per heavy atom. The van der Waals surface area contributed by atoms with Crippen LogP contribution in [0.4, 0.5) is 4.39 Å². The van der Waals surface area contributed by atoms with E-state index in [9.17, 15) is 19.1 Å². The van der Waals surface area contributed by atoms with E-state index in [0.717, 1.165) is 19.3 Å². The molecular weight excluding hydrogens is 519 g/mol. The summed E-state index contributed by atoms with van der Waals surface area (Å²) in [6, 6.07) is 0. The van der Waals surface area contributed by atoms with E-state index in [1.165, 1.54) is 7.11 Å². The zero-order valence-corrected chi connectivity index (χ0v) is 23.7. The summed E-state index contributed by atoms with van der Waals surface area (Å²) in [4.78, 5) is 24.5. The van der Waals surface area contributed by atoms with Gasteiger partial charge >= 0.3 is 5.97 Å². The smallest absolute Gasteiger partial charge is 0.305 e. The van der Waals surface area contributed by atoms with Crippen molar-refractivity contribution in [1.29, 1.82) is 0 Å². The normalized spacial score (nSPS) is 28.6. The van der Waals surface area contributed by atoms with Gasteiger partial charge in [0.25, 0.3) is 0 Å². The molecule has 3 unspecified atom stereocenters. The predicted octanol–water partition coefficient (Wildman–Crippen LogP) is 5.61. The number of carbonyl (C=O) groups is 2. The molecule has 1 aliphatic carbocycles. The summed E-state index contributed by atoms with van der Waals surface area (Å²) in [5.74, 6) is -1.45. The van der Waals surface area contributed by atoms with E-state index in [1.54, 1.807) is 30.8 Å². The van der Waals surface area contributed by atoms with Crippen molar-refractivity contribution < 1.29 is 42.8 Å². The number of allylic oxidation sites excluding steroid dienone is 4. The number of hydrogen-bond acceptors (Lipinski definition) is 8. The lowest BCUT2D eigenvalue weighted by atomic mass is 9.83. The minimum Gasteiger partial charge on any atom is -0.469 e. The monoisotopic (exact) mass is 564 g/mol. The van der Waals surface area contributed by atoms with Gasteiger partial charge in [0.1, 0.15) is 0 Å². The molecule has 1 N–H and O–H groups in total. The van der Waals surface area contributed by atoms with Crippen LogP contribution < -0.4 is 0 Å². The van der Waals surface area contributed by atoms with Gasteiger partial charge in [-0.05, 0) is 68.2 Å². The second-order valence-electron chi connectivity index (χ2n) is 10.7.